The molecule has 2 aromatic rings. The number of ether oxygens (including phenoxy) is 9. The van der Waals surface area contributed by atoms with Gasteiger partial charge in [0.15, 0.2) is 17.3 Å². The maximum absolute atomic E-state index is 14.0. The van der Waals surface area contributed by atoms with Crippen LogP contribution in [0.3, 0.4) is 0 Å². The summed E-state index contributed by atoms with van der Waals surface area (Å²) in [6.07, 6.45) is 1.22. The minimum atomic E-state index is -3.95. The van der Waals surface area contributed by atoms with Gasteiger partial charge in [0.25, 0.3) is 5.91 Å². The second-order valence-electron chi connectivity index (χ2n) is 11.4. The van der Waals surface area contributed by atoms with Crippen molar-refractivity contribution in [3.63, 3.8) is 0 Å². The average Bonchev–Trinajstić information content (AvgIpc) is 3.61. The van der Waals surface area contributed by atoms with Gasteiger partial charge in [-0.25, -0.2) is 8.42 Å². The average molecular weight is 723 g/mol. The van der Waals surface area contributed by atoms with Gasteiger partial charge in [0.05, 0.1) is 78.1 Å². The molecule has 2 aromatic carbocycles. The van der Waals surface area contributed by atoms with Crippen molar-refractivity contribution in [3.05, 3.63) is 59.9 Å². The normalized spacial score (nSPS) is 21.1. The van der Waals surface area contributed by atoms with E-state index in [0.717, 1.165) is 9.87 Å². The molecule has 3 aliphatic rings. The fourth-order valence-electron chi connectivity index (χ4n) is 5.52. The number of allylic oxidation sites excluding steroid dienone is 1. The van der Waals surface area contributed by atoms with E-state index >= 15 is 0 Å². The first-order valence-corrected chi connectivity index (χ1v) is 18.1. The van der Waals surface area contributed by atoms with E-state index in [4.69, 9.17) is 42.6 Å². The number of carbonyl (C=O) groups is 1. The second kappa shape index (κ2) is 19.2. The van der Waals surface area contributed by atoms with E-state index < -0.39 is 16.3 Å². The molecule has 0 spiro atoms. The van der Waals surface area contributed by atoms with Crippen molar-refractivity contribution < 1.29 is 61.0 Å². The molecule has 0 aliphatic carbocycles. The summed E-state index contributed by atoms with van der Waals surface area (Å²) in [7, 11) is -2.46. The Bertz CT molecular complexity index is 1490. The van der Waals surface area contributed by atoms with Gasteiger partial charge >= 0.3 is 0 Å². The first kappa shape index (κ1) is 37.8. The number of sulfonamides is 1. The standard InChI is InChI=1S/C34H46N2O13S/c1-41-28-3-5-29(6-4-28)50(39,40)36(8-12-37)11-15-46-33-24-27(26-2-7-30-31(22-26)48-25-47-30)23-32(49-33)34(38)35-9-13-42-16-18-44-20-21-45-19-17-43-14-10-35/h2-7,22-23,27,33,37H,8-21,24-25H2,1H3/t27-,33+/m1/s1. The third kappa shape index (κ3) is 10.5. The van der Waals surface area contributed by atoms with Crippen molar-refractivity contribution in [3.8, 4) is 17.2 Å². The van der Waals surface area contributed by atoms with Crippen LogP contribution in [-0.4, -0.2) is 141 Å². The summed E-state index contributed by atoms with van der Waals surface area (Å²) in [5.74, 6) is 1.17. The lowest BCUT2D eigenvalue weighted by molar-refractivity contribution is -0.153. The van der Waals surface area contributed by atoms with Crippen LogP contribution in [-0.2, 0) is 43.2 Å². The van der Waals surface area contributed by atoms with Crippen molar-refractivity contribution in [1.29, 1.82) is 0 Å². The summed E-state index contributed by atoms with van der Waals surface area (Å²) >= 11 is 0. The largest absolute Gasteiger partial charge is 0.497 e. The van der Waals surface area contributed by atoms with Crippen LogP contribution in [0.4, 0.5) is 0 Å². The first-order chi connectivity index (χ1) is 24.4. The summed E-state index contributed by atoms with van der Waals surface area (Å²) in [6.45, 7) is 3.13. The molecule has 15 nitrogen and oxygen atoms in total. The monoisotopic (exact) mass is 722 g/mol. The van der Waals surface area contributed by atoms with Crippen LogP contribution >= 0.6 is 0 Å². The van der Waals surface area contributed by atoms with Gasteiger partial charge in [-0.05, 0) is 48.0 Å². The van der Waals surface area contributed by atoms with E-state index in [9.17, 15) is 18.3 Å². The highest BCUT2D eigenvalue weighted by molar-refractivity contribution is 7.89. The fourth-order valence-corrected chi connectivity index (χ4v) is 6.93. The molecule has 50 heavy (non-hydrogen) atoms. The number of nitrogens with zero attached hydrogens (tertiary/aromatic N) is 2. The highest BCUT2D eigenvalue weighted by atomic mass is 32.2. The molecule has 1 N–H and O–H groups in total. The quantitative estimate of drug-likeness (QED) is 0.358. The van der Waals surface area contributed by atoms with E-state index in [1.54, 1.807) is 23.1 Å². The Morgan fingerprint density at radius 1 is 0.880 bits per heavy atom. The van der Waals surface area contributed by atoms with Gasteiger partial charge in [0.2, 0.25) is 23.1 Å². The number of aliphatic hydroxyl groups excluding tert-OH is 1. The van der Waals surface area contributed by atoms with Gasteiger partial charge in [0, 0.05) is 38.5 Å². The Hall–Kier alpha value is -3.48. The number of hydrogen-bond acceptors (Lipinski definition) is 13. The van der Waals surface area contributed by atoms with Crippen LogP contribution in [0.15, 0.2) is 59.2 Å². The minimum absolute atomic E-state index is 0.0557. The maximum Gasteiger partial charge on any atom is 0.288 e. The zero-order chi connectivity index (χ0) is 35.2. The molecule has 0 bridgehead atoms. The molecule has 1 saturated heterocycles. The predicted molar refractivity (Wildman–Crippen MR) is 178 cm³/mol. The van der Waals surface area contributed by atoms with Crippen molar-refractivity contribution in [2.24, 2.45) is 0 Å². The van der Waals surface area contributed by atoms with E-state index in [1.807, 2.05) is 18.2 Å². The summed E-state index contributed by atoms with van der Waals surface area (Å²) in [5, 5.41) is 9.67. The highest BCUT2D eigenvalue weighted by Crippen LogP contribution is 2.38. The lowest BCUT2D eigenvalue weighted by Crippen LogP contribution is -2.41. The minimum Gasteiger partial charge on any atom is -0.497 e. The number of methoxy groups -OCH3 is 1. The van der Waals surface area contributed by atoms with Crippen molar-refractivity contribution in [2.45, 2.75) is 23.5 Å². The van der Waals surface area contributed by atoms with Crippen LogP contribution in [0.2, 0.25) is 0 Å². The molecule has 1 amide bonds. The number of rotatable bonds is 11. The van der Waals surface area contributed by atoms with Gasteiger partial charge in [-0.1, -0.05) is 6.07 Å². The third-order valence-electron chi connectivity index (χ3n) is 8.20. The topological polar surface area (TPSA) is 161 Å². The number of fused-ring (bicyclic) bond motifs is 1. The zero-order valence-electron chi connectivity index (χ0n) is 28.2. The first-order valence-electron chi connectivity index (χ1n) is 16.6. The van der Waals surface area contributed by atoms with Gasteiger partial charge in [0.1, 0.15) is 5.75 Å². The molecule has 0 radical (unpaired) electrons. The van der Waals surface area contributed by atoms with Crippen LogP contribution in [0.25, 0.3) is 0 Å². The summed E-state index contributed by atoms with van der Waals surface area (Å²) < 4.78 is 78.9. The Labute approximate surface area is 292 Å². The molecular formula is C34H46N2O13S. The van der Waals surface area contributed by atoms with Crippen LogP contribution in [0.1, 0.15) is 17.9 Å². The van der Waals surface area contributed by atoms with Crippen molar-refractivity contribution >= 4 is 15.9 Å². The van der Waals surface area contributed by atoms with Crippen LogP contribution < -0.4 is 14.2 Å². The van der Waals surface area contributed by atoms with Gasteiger partial charge in [-0.15, -0.1) is 0 Å². The molecule has 0 saturated carbocycles. The third-order valence-corrected chi connectivity index (χ3v) is 10.1. The van der Waals surface area contributed by atoms with Crippen molar-refractivity contribution in [2.75, 3.05) is 106 Å². The molecule has 5 rings (SSSR count). The van der Waals surface area contributed by atoms with Gasteiger partial charge < -0.3 is 52.6 Å². The van der Waals surface area contributed by atoms with Crippen molar-refractivity contribution in [1.82, 2.24) is 9.21 Å². The zero-order valence-corrected chi connectivity index (χ0v) is 29.1. The van der Waals surface area contributed by atoms with Gasteiger partial charge in [-0.2, -0.15) is 4.31 Å². The van der Waals surface area contributed by atoms with E-state index in [-0.39, 0.29) is 68.8 Å². The highest BCUT2D eigenvalue weighted by Gasteiger charge is 2.33. The lowest BCUT2D eigenvalue weighted by atomic mass is 9.92. The number of carbonyl (C=O) groups excluding carboxylic acids is 1. The number of hydrogen-bond donors (Lipinski definition) is 1. The molecule has 0 unspecified atom stereocenters. The summed E-state index contributed by atoms with van der Waals surface area (Å²) in [4.78, 5) is 15.7. The number of amides is 1. The Morgan fingerprint density at radius 2 is 1.52 bits per heavy atom. The molecule has 3 heterocycles. The molecule has 0 aromatic heterocycles. The molecule has 1 fully saturated rings. The smallest absolute Gasteiger partial charge is 0.288 e. The SMILES string of the molecule is COc1ccc(S(=O)(=O)N(CCO)CCO[C@@H]2C[C@H](c3ccc4c(c3)OCO4)C=C(C(=O)N3CCOCCOCCOCCOCC3)O2)cc1. The molecule has 2 atom stereocenters. The Kier molecular flexibility index (Phi) is 14.5. The van der Waals surface area contributed by atoms with Gasteiger partial charge in [-0.3, -0.25) is 4.79 Å². The predicted octanol–water partition coefficient (Wildman–Crippen LogP) is 1.75. The van der Waals surface area contributed by atoms with Crippen LogP contribution in [0.5, 0.6) is 17.2 Å². The Morgan fingerprint density at radius 3 is 2.16 bits per heavy atom. The molecule has 276 valence electrons. The second-order valence-corrected chi connectivity index (χ2v) is 13.4. The lowest BCUT2D eigenvalue weighted by Gasteiger charge is -2.32. The van der Waals surface area contributed by atoms with E-state index in [0.29, 0.717) is 76.4 Å². The number of benzene rings is 2. The molecular weight excluding hydrogens is 676 g/mol. The summed E-state index contributed by atoms with van der Waals surface area (Å²) in [5.41, 5.74) is 0.865. The fraction of sp³-hybridized carbons (Fsp3) is 0.559. The van der Waals surface area contributed by atoms with E-state index in [2.05, 4.69) is 0 Å². The Balaban J connectivity index is 1.30. The van der Waals surface area contributed by atoms with E-state index in [1.165, 1.54) is 19.2 Å². The van der Waals surface area contributed by atoms with Crippen LogP contribution in [0, 0.1) is 0 Å². The maximum atomic E-state index is 14.0. The molecule has 16 heteroatoms. The molecule has 3 aliphatic heterocycles. The number of aliphatic hydroxyl groups is 1. The summed E-state index contributed by atoms with van der Waals surface area (Å²) in [6, 6.07) is 11.6.